The smallest absolute Gasteiger partial charge is 0.227 e. The van der Waals surface area contributed by atoms with Crippen molar-refractivity contribution in [2.45, 2.75) is 13.3 Å². The Balaban J connectivity index is 2.33. The van der Waals surface area contributed by atoms with Crippen LogP contribution >= 0.6 is 0 Å². The van der Waals surface area contributed by atoms with Crippen LogP contribution in [-0.2, 0) is 4.79 Å². The molecule has 2 rings (SSSR count). The Morgan fingerprint density at radius 2 is 2.29 bits per heavy atom. The number of anilines is 1. The number of nitrogens with zero attached hydrogens (tertiary/aromatic N) is 1. The van der Waals surface area contributed by atoms with Gasteiger partial charge in [0.1, 0.15) is 5.75 Å². The summed E-state index contributed by atoms with van der Waals surface area (Å²) in [5.41, 5.74) is 7.60. The Labute approximate surface area is 101 Å². The summed E-state index contributed by atoms with van der Waals surface area (Å²) in [4.78, 5) is 13.7. The van der Waals surface area contributed by atoms with Gasteiger partial charge in [-0.25, -0.2) is 0 Å². The van der Waals surface area contributed by atoms with E-state index in [1.54, 1.807) is 12.0 Å². The van der Waals surface area contributed by atoms with Gasteiger partial charge in [0, 0.05) is 13.0 Å². The predicted octanol–water partition coefficient (Wildman–Crippen LogP) is 1.32. The van der Waals surface area contributed by atoms with E-state index in [1.165, 1.54) is 0 Å². The van der Waals surface area contributed by atoms with Crippen molar-refractivity contribution in [3.05, 3.63) is 23.8 Å². The highest BCUT2D eigenvalue weighted by molar-refractivity contribution is 5.97. The van der Waals surface area contributed by atoms with Gasteiger partial charge >= 0.3 is 0 Å². The second-order valence-electron chi connectivity index (χ2n) is 4.49. The topological polar surface area (TPSA) is 55.6 Å². The number of benzene rings is 1. The van der Waals surface area contributed by atoms with E-state index in [0.717, 1.165) is 17.0 Å². The molecule has 1 saturated heterocycles. The van der Waals surface area contributed by atoms with Gasteiger partial charge in [0.15, 0.2) is 0 Å². The molecule has 1 aromatic rings. The van der Waals surface area contributed by atoms with Crippen LogP contribution in [0.2, 0.25) is 0 Å². The van der Waals surface area contributed by atoms with Crippen molar-refractivity contribution < 1.29 is 9.53 Å². The number of nitrogens with two attached hydrogens (primary N) is 1. The minimum absolute atomic E-state index is 0.129. The average Bonchev–Trinajstić information content (AvgIpc) is 2.70. The molecule has 0 aromatic heterocycles. The van der Waals surface area contributed by atoms with E-state index < -0.39 is 0 Å². The van der Waals surface area contributed by atoms with Crippen molar-refractivity contribution in [1.29, 1.82) is 0 Å². The van der Waals surface area contributed by atoms with Gasteiger partial charge in [-0.3, -0.25) is 4.79 Å². The van der Waals surface area contributed by atoms with E-state index in [1.807, 2.05) is 25.1 Å². The van der Waals surface area contributed by atoms with E-state index >= 15 is 0 Å². The van der Waals surface area contributed by atoms with Crippen LogP contribution in [-0.4, -0.2) is 26.1 Å². The lowest BCUT2D eigenvalue weighted by Gasteiger charge is -2.20. The van der Waals surface area contributed by atoms with Crippen molar-refractivity contribution in [2.24, 2.45) is 11.7 Å². The maximum atomic E-state index is 11.9. The lowest BCUT2D eigenvalue weighted by molar-refractivity contribution is -0.117. The number of methoxy groups -OCH3 is 1. The summed E-state index contributed by atoms with van der Waals surface area (Å²) in [5, 5.41) is 0. The molecule has 1 aliphatic heterocycles. The van der Waals surface area contributed by atoms with Crippen LogP contribution in [0.4, 0.5) is 5.69 Å². The van der Waals surface area contributed by atoms with Gasteiger partial charge < -0.3 is 15.4 Å². The first-order chi connectivity index (χ1) is 8.15. The average molecular weight is 234 g/mol. The van der Waals surface area contributed by atoms with Crippen LogP contribution < -0.4 is 15.4 Å². The highest BCUT2D eigenvalue weighted by atomic mass is 16.5. The molecular formula is C13H18N2O2. The van der Waals surface area contributed by atoms with Gasteiger partial charge in [-0.1, -0.05) is 6.07 Å². The van der Waals surface area contributed by atoms with Crippen LogP contribution in [0, 0.1) is 12.8 Å². The number of carbonyl (C=O) groups excluding carboxylic acids is 1. The summed E-state index contributed by atoms with van der Waals surface area (Å²) in [6.07, 6.45) is 0.535. The lowest BCUT2D eigenvalue weighted by atomic mass is 10.1. The molecule has 17 heavy (non-hydrogen) atoms. The zero-order valence-electron chi connectivity index (χ0n) is 10.3. The molecular weight excluding hydrogens is 216 g/mol. The van der Waals surface area contributed by atoms with E-state index in [-0.39, 0.29) is 11.8 Å². The Kier molecular flexibility index (Phi) is 3.33. The number of aryl methyl sites for hydroxylation is 1. The van der Waals surface area contributed by atoms with Gasteiger partial charge in [-0.05, 0) is 37.1 Å². The summed E-state index contributed by atoms with van der Waals surface area (Å²) in [6, 6.07) is 5.85. The summed E-state index contributed by atoms with van der Waals surface area (Å²) < 4.78 is 5.30. The largest absolute Gasteiger partial charge is 0.495 e. The molecule has 2 N–H and O–H groups in total. The second-order valence-corrected chi connectivity index (χ2v) is 4.49. The number of ether oxygens (including phenoxy) is 1. The van der Waals surface area contributed by atoms with Gasteiger partial charge in [0.2, 0.25) is 5.91 Å². The first-order valence-electron chi connectivity index (χ1n) is 5.80. The fraction of sp³-hybridized carbons (Fsp3) is 0.462. The molecule has 4 heteroatoms. The normalized spacial score (nSPS) is 19.8. The fourth-order valence-electron chi connectivity index (χ4n) is 2.18. The van der Waals surface area contributed by atoms with Crippen LogP contribution in [0.25, 0.3) is 0 Å². The van der Waals surface area contributed by atoms with Crippen molar-refractivity contribution in [2.75, 3.05) is 25.1 Å². The molecule has 0 radical (unpaired) electrons. The van der Waals surface area contributed by atoms with Crippen LogP contribution in [0.5, 0.6) is 5.75 Å². The van der Waals surface area contributed by atoms with E-state index in [2.05, 4.69) is 0 Å². The van der Waals surface area contributed by atoms with E-state index in [4.69, 9.17) is 10.5 Å². The number of rotatable bonds is 3. The molecule has 1 unspecified atom stereocenters. The van der Waals surface area contributed by atoms with Crippen molar-refractivity contribution >= 4 is 11.6 Å². The highest BCUT2D eigenvalue weighted by Crippen LogP contribution is 2.33. The van der Waals surface area contributed by atoms with Crippen molar-refractivity contribution in [3.63, 3.8) is 0 Å². The summed E-state index contributed by atoms with van der Waals surface area (Å²) in [6.45, 7) is 3.25. The lowest BCUT2D eigenvalue weighted by Crippen LogP contribution is -2.26. The molecule has 4 nitrogen and oxygen atoms in total. The highest BCUT2D eigenvalue weighted by Gasteiger charge is 2.31. The molecule has 1 amide bonds. The second kappa shape index (κ2) is 4.75. The molecule has 0 bridgehead atoms. The molecule has 0 spiro atoms. The molecule has 1 aromatic carbocycles. The molecule has 1 fully saturated rings. The first-order valence-corrected chi connectivity index (χ1v) is 5.80. The third-order valence-electron chi connectivity index (χ3n) is 3.16. The zero-order valence-corrected chi connectivity index (χ0v) is 10.3. The maximum absolute atomic E-state index is 11.9. The monoisotopic (exact) mass is 234 g/mol. The minimum atomic E-state index is 0.129. The third kappa shape index (κ3) is 2.26. The summed E-state index contributed by atoms with van der Waals surface area (Å²) in [5.74, 6) is 1.12. The van der Waals surface area contributed by atoms with Crippen molar-refractivity contribution in [1.82, 2.24) is 0 Å². The summed E-state index contributed by atoms with van der Waals surface area (Å²) in [7, 11) is 1.62. The Morgan fingerprint density at radius 1 is 1.53 bits per heavy atom. The van der Waals surface area contributed by atoms with Gasteiger partial charge in [-0.2, -0.15) is 0 Å². The maximum Gasteiger partial charge on any atom is 0.227 e. The number of hydrogen-bond donors (Lipinski definition) is 1. The zero-order chi connectivity index (χ0) is 12.4. The van der Waals surface area contributed by atoms with Crippen LogP contribution in [0.3, 0.4) is 0 Å². The van der Waals surface area contributed by atoms with Gasteiger partial charge in [0.05, 0.1) is 12.8 Å². The molecule has 0 saturated carbocycles. The Hall–Kier alpha value is -1.55. The number of carbonyl (C=O) groups is 1. The Bertz CT molecular complexity index is 431. The van der Waals surface area contributed by atoms with E-state index in [9.17, 15) is 4.79 Å². The molecule has 92 valence electrons. The van der Waals surface area contributed by atoms with E-state index in [0.29, 0.717) is 19.5 Å². The third-order valence-corrected chi connectivity index (χ3v) is 3.16. The minimum Gasteiger partial charge on any atom is -0.495 e. The van der Waals surface area contributed by atoms with Gasteiger partial charge in [0.25, 0.3) is 0 Å². The van der Waals surface area contributed by atoms with Crippen molar-refractivity contribution in [3.8, 4) is 5.75 Å². The standard InChI is InChI=1S/C13H18N2O2/c1-9-3-4-12(17-2)11(5-9)15-8-10(7-14)6-13(15)16/h3-5,10H,6-8,14H2,1-2H3. The van der Waals surface area contributed by atoms with Crippen LogP contribution in [0.15, 0.2) is 18.2 Å². The first kappa shape index (κ1) is 11.9. The van der Waals surface area contributed by atoms with Crippen LogP contribution in [0.1, 0.15) is 12.0 Å². The molecule has 1 aliphatic rings. The predicted molar refractivity (Wildman–Crippen MR) is 67.2 cm³/mol. The van der Waals surface area contributed by atoms with Gasteiger partial charge in [-0.15, -0.1) is 0 Å². The fourth-order valence-corrected chi connectivity index (χ4v) is 2.18. The quantitative estimate of drug-likeness (QED) is 0.858. The molecule has 0 aliphatic carbocycles. The SMILES string of the molecule is COc1ccc(C)cc1N1CC(CN)CC1=O. The Morgan fingerprint density at radius 3 is 2.88 bits per heavy atom. The molecule has 1 heterocycles. The summed E-state index contributed by atoms with van der Waals surface area (Å²) >= 11 is 0. The molecule has 1 atom stereocenters. The number of hydrogen-bond acceptors (Lipinski definition) is 3. The number of amides is 1.